The van der Waals surface area contributed by atoms with Gasteiger partial charge in [0.05, 0.1) is 6.61 Å². The standard InChI is InChI=1S/C11H22N4O4S/c1-3-5-15-7-10(11(12)13-15)20(17,18)14-9(4-6-16)8-19-2/h7,9,14,16H,3-6,8H2,1-2H3,(H2,12,13). The number of aliphatic hydroxyl groups excluding tert-OH is 1. The zero-order valence-corrected chi connectivity index (χ0v) is 12.6. The SMILES string of the molecule is CCCn1cc(S(=O)(=O)NC(CCO)COC)c(N)n1. The number of ether oxygens (including phenoxy) is 1. The van der Waals surface area contributed by atoms with Crippen LogP contribution in [0.15, 0.2) is 11.1 Å². The van der Waals surface area contributed by atoms with Gasteiger partial charge in [-0.05, 0) is 12.8 Å². The number of hydrogen-bond acceptors (Lipinski definition) is 6. The van der Waals surface area contributed by atoms with Crippen LogP contribution in [-0.2, 0) is 21.3 Å². The number of aromatic nitrogens is 2. The van der Waals surface area contributed by atoms with Crippen LogP contribution in [0.3, 0.4) is 0 Å². The Hall–Kier alpha value is -1.16. The van der Waals surface area contributed by atoms with Crippen molar-refractivity contribution in [3.05, 3.63) is 6.20 Å². The molecule has 0 aliphatic carbocycles. The predicted molar refractivity (Wildman–Crippen MR) is 74.6 cm³/mol. The first kappa shape index (κ1) is 16.9. The van der Waals surface area contributed by atoms with Crippen molar-refractivity contribution in [1.82, 2.24) is 14.5 Å². The summed E-state index contributed by atoms with van der Waals surface area (Å²) in [4.78, 5) is -0.0509. The summed E-state index contributed by atoms with van der Waals surface area (Å²) in [7, 11) is -2.32. The summed E-state index contributed by atoms with van der Waals surface area (Å²) in [6.45, 7) is 2.59. The Labute approximate surface area is 119 Å². The van der Waals surface area contributed by atoms with Crippen molar-refractivity contribution in [1.29, 1.82) is 0 Å². The molecule has 0 aliphatic heterocycles. The normalized spacial score (nSPS) is 13.6. The van der Waals surface area contributed by atoms with Crippen LogP contribution < -0.4 is 10.5 Å². The molecule has 20 heavy (non-hydrogen) atoms. The van der Waals surface area contributed by atoms with Crippen LogP contribution in [-0.4, -0.2) is 49.7 Å². The van der Waals surface area contributed by atoms with Gasteiger partial charge < -0.3 is 15.6 Å². The van der Waals surface area contributed by atoms with Crippen molar-refractivity contribution in [2.75, 3.05) is 26.1 Å². The smallest absolute Gasteiger partial charge is 0.246 e. The summed E-state index contributed by atoms with van der Waals surface area (Å²) < 4.78 is 33.4. The van der Waals surface area contributed by atoms with E-state index in [0.717, 1.165) is 6.42 Å². The molecule has 4 N–H and O–H groups in total. The maximum atomic E-state index is 12.2. The number of aliphatic hydroxyl groups is 1. The Morgan fingerprint density at radius 1 is 1.60 bits per heavy atom. The van der Waals surface area contributed by atoms with E-state index in [2.05, 4.69) is 9.82 Å². The van der Waals surface area contributed by atoms with E-state index < -0.39 is 16.1 Å². The third-order valence-corrected chi connectivity index (χ3v) is 4.20. The second kappa shape index (κ2) is 7.58. The third-order valence-electron chi connectivity index (χ3n) is 2.66. The Morgan fingerprint density at radius 2 is 2.30 bits per heavy atom. The quantitative estimate of drug-likeness (QED) is 0.568. The molecule has 0 aliphatic rings. The molecule has 0 radical (unpaired) electrons. The molecule has 0 saturated carbocycles. The fourth-order valence-corrected chi connectivity index (χ4v) is 3.11. The molecule has 1 atom stereocenters. The van der Waals surface area contributed by atoms with Gasteiger partial charge in [0.2, 0.25) is 10.0 Å². The van der Waals surface area contributed by atoms with Crippen molar-refractivity contribution in [2.24, 2.45) is 0 Å². The Morgan fingerprint density at radius 3 is 2.85 bits per heavy atom. The maximum Gasteiger partial charge on any atom is 0.246 e. The van der Waals surface area contributed by atoms with Gasteiger partial charge in [0.25, 0.3) is 0 Å². The molecule has 116 valence electrons. The summed E-state index contributed by atoms with van der Waals surface area (Å²) in [5, 5.41) is 12.9. The van der Waals surface area contributed by atoms with Gasteiger partial charge in [-0.25, -0.2) is 13.1 Å². The van der Waals surface area contributed by atoms with Gasteiger partial charge in [-0.3, -0.25) is 4.68 Å². The van der Waals surface area contributed by atoms with Crippen molar-refractivity contribution in [2.45, 2.75) is 37.2 Å². The summed E-state index contributed by atoms with van der Waals surface area (Å²) in [5.74, 6) is -0.0360. The lowest BCUT2D eigenvalue weighted by atomic mass is 10.2. The van der Waals surface area contributed by atoms with E-state index in [-0.39, 0.29) is 30.3 Å². The first-order chi connectivity index (χ1) is 9.44. The van der Waals surface area contributed by atoms with Crippen LogP contribution in [0.4, 0.5) is 5.82 Å². The van der Waals surface area contributed by atoms with E-state index >= 15 is 0 Å². The highest BCUT2D eigenvalue weighted by Gasteiger charge is 2.24. The Bertz CT molecular complexity index is 508. The van der Waals surface area contributed by atoms with Crippen molar-refractivity contribution < 1.29 is 18.3 Å². The molecule has 0 fully saturated rings. The molecule has 1 aromatic heterocycles. The number of nitrogens with one attached hydrogen (secondary N) is 1. The minimum Gasteiger partial charge on any atom is -0.396 e. The number of rotatable bonds is 9. The van der Waals surface area contributed by atoms with Crippen LogP contribution in [0.2, 0.25) is 0 Å². The van der Waals surface area contributed by atoms with E-state index in [1.807, 2.05) is 6.92 Å². The summed E-state index contributed by atoms with van der Waals surface area (Å²) in [6.07, 6.45) is 2.49. The molecule has 0 amide bonds. The zero-order chi connectivity index (χ0) is 15.2. The molecule has 0 aromatic carbocycles. The second-order valence-electron chi connectivity index (χ2n) is 4.43. The van der Waals surface area contributed by atoms with Gasteiger partial charge in [-0.2, -0.15) is 5.10 Å². The number of sulfonamides is 1. The Balaban J connectivity index is 2.91. The topological polar surface area (TPSA) is 119 Å². The number of aryl methyl sites for hydroxylation is 1. The van der Waals surface area contributed by atoms with Crippen LogP contribution in [0.25, 0.3) is 0 Å². The molecule has 9 heteroatoms. The summed E-state index contributed by atoms with van der Waals surface area (Å²) in [6, 6.07) is -0.510. The van der Waals surface area contributed by atoms with E-state index in [1.165, 1.54) is 18.0 Å². The lowest BCUT2D eigenvalue weighted by Gasteiger charge is -2.16. The van der Waals surface area contributed by atoms with E-state index in [0.29, 0.717) is 6.54 Å². The van der Waals surface area contributed by atoms with Gasteiger partial charge in [0.15, 0.2) is 5.82 Å². The van der Waals surface area contributed by atoms with Crippen LogP contribution >= 0.6 is 0 Å². The van der Waals surface area contributed by atoms with Crippen LogP contribution in [0.5, 0.6) is 0 Å². The first-order valence-corrected chi connectivity index (χ1v) is 7.88. The number of nitrogens with two attached hydrogens (primary N) is 1. The lowest BCUT2D eigenvalue weighted by Crippen LogP contribution is -2.38. The highest BCUT2D eigenvalue weighted by atomic mass is 32.2. The average molecular weight is 306 g/mol. The number of nitrogens with zero attached hydrogens (tertiary/aromatic N) is 2. The van der Waals surface area contributed by atoms with Crippen molar-refractivity contribution in [3.63, 3.8) is 0 Å². The number of hydrogen-bond donors (Lipinski definition) is 3. The van der Waals surface area contributed by atoms with Gasteiger partial charge in [0, 0.05) is 32.5 Å². The van der Waals surface area contributed by atoms with E-state index in [1.54, 1.807) is 0 Å². The monoisotopic (exact) mass is 306 g/mol. The highest BCUT2D eigenvalue weighted by molar-refractivity contribution is 7.89. The number of methoxy groups -OCH3 is 1. The maximum absolute atomic E-state index is 12.2. The second-order valence-corrected chi connectivity index (χ2v) is 6.11. The molecule has 1 aromatic rings. The van der Waals surface area contributed by atoms with Gasteiger partial charge in [0.1, 0.15) is 4.90 Å². The fraction of sp³-hybridized carbons (Fsp3) is 0.727. The van der Waals surface area contributed by atoms with Crippen molar-refractivity contribution >= 4 is 15.8 Å². The molecule has 0 saturated heterocycles. The fourth-order valence-electron chi connectivity index (χ4n) is 1.78. The zero-order valence-electron chi connectivity index (χ0n) is 11.7. The van der Waals surface area contributed by atoms with Crippen LogP contribution in [0.1, 0.15) is 19.8 Å². The largest absolute Gasteiger partial charge is 0.396 e. The Kier molecular flexibility index (Phi) is 6.40. The van der Waals surface area contributed by atoms with E-state index in [9.17, 15) is 8.42 Å². The molecule has 1 rings (SSSR count). The number of nitrogen functional groups attached to an aromatic ring is 1. The molecular weight excluding hydrogens is 284 g/mol. The minimum absolute atomic E-state index is 0.0360. The lowest BCUT2D eigenvalue weighted by molar-refractivity contribution is 0.158. The molecule has 1 heterocycles. The highest BCUT2D eigenvalue weighted by Crippen LogP contribution is 2.17. The molecule has 8 nitrogen and oxygen atoms in total. The molecule has 1 unspecified atom stereocenters. The van der Waals surface area contributed by atoms with Crippen LogP contribution in [0, 0.1) is 0 Å². The summed E-state index contributed by atoms with van der Waals surface area (Å²) >= 11 is 0. The molecule has 0 spiro atoms. The molecule has 0 bridgehead atoms. The molecular formula is C11H22N4O4S. The van der Waals surface area contributed by atoms with Crippen molar-refractivity contribution in [3.8, 4) is 0 Å². The summed E-state index contributed by atoms with van der Waals surface area (Å²) in [5.41, 5.74) is 5.65. The van der Waals surface area contributed by atoms with Gasteiger partial charge >= 0.3 is 0 Å². The number of anilines is 1. The minimum atomic E-state index is -3.78. The van der Waals surface area contributed by atoms with Gasteiger partial charge in [-0.1, -0.05) is 6.92 Å². The predicted octanol–water partition coefficient (Wildman–Crippen LogP) is -0.449. The van der Waals surface area contributed by atoms with Gasteiger partial charge in [-0.15, -0.1) is 0 Å². The first-order valence-electron chi connectivity index (χ1n) is 6.39. The average Bonchev–Trinajstić information content (AvgIpc) is 2.72. The third kappa shape index (κ3) is 4.44. The van der Waals surface area contributed by atoms with E-state index in [4.69, 9.17) is 15.6 Å².